The molecule has 3 rings (SSSR count). The Morgan fingerprint density at radius 2 is 1.83 bits per heavy atom. The number of thioether (sulfide) groups is 1. The van der Waals surface area contributed by atoms with Gasteiger partial charge in [0.15, 0.2) is 0 Å². The molecule has 0 aliphatic carbocycles. The molecular formula is C16H15ClF2N2OS. The van der Waals surface area contributed by atoms with Gasteiger partial charge in [0.25, 0.3) is 0 Å². The zero-order chi connectivity index (χ0) is 15.7. The highest BCUT2D eigenvalue weighted by Gasteiger charge is 2.28. The monoisotopic (exact) mass is 356 g/mol. The van der Waals surface area contributed by atoms with Crippen LogP contribution < -0.4 is 10.6 Å². The minimum atomic E-state index is -0.663. The van der Waals surface area contributed by atoms with Crippen molar-refractivity contribution in [3.8, 4) is 0 Å². The molecule has 1 heterocycles. The standard InChI is InChI=1S/C16H14F2N2OS.ClH/c17-11-5-10(6-12(18)7-11)8-20-14-3-1-2-4-15(14)22-9-13(19)16(20)21;/h1-7,13H,8-9,19H2;1H. The number of carbonyl (C=O) groups excluding carboxylic acids is 1. The van der Waals surface area contributed by atoms with Gasteiger partial charge in [0.1, 0.15) is 11.6 Å². The summed E-state index contributed by atoms with van der Waals surface area (Å²) in [5.74, 6) is -1.10. The number of anilines is 1. The van der Waals surface area contributed by atoms with Gasteiger partial charge in [-0.15, -0.1) is 24.2 Å². The molecule has 1 aliphatic heterocycles. The van der Waals surface area contributed by atoms with Crippen LogP contribution in [0.2, 0.25) is 0 Å². The van der Waals surface area contributed by atoms with Crippen LogP contribution >= 0.6 is 24.2 Å². The van der Waals surface area contributed by atoms with Gasteiger partial charge in [0.2, 0.25) is 5.91 Å². The van der Waals surface area contributed by atoms with Crippen molar-refractivity contribution in [3.63, 3.8) is 0 Å². The Hall–Kier alpha value is -1.63. The predicted molar refractivity (Wildman–Crippen MR) is 89.9 cm³/mol. The number of fused-ring (bicyclic) bond motifs is 1. The van der Waals surface area contributed by atoms with Crippen molar-refractivity contribution in [2.24, 2.45) is 5.73 Å². The molecule has 7 heteroatoms. The van der Waals surface area contributed by atoms with E-state index in [1.807, 2.05) is 24.3 Å². The van der Waals surface area contributed by atoms with Gasteiger partial charge in [-0.2, -0.15) is 0 Å². The third-order valence-electron chi connectivity index (χ3n) is 3.42. The number of rotatable bonds is 2. The second-order valence-electron chi connectivity index (χ2n) is 5.09. The van der Waals surface area contributed by atoms with Crippen LogP contribution in [0.4, 0.5) is 14.5 Å². The number of benzene rings is 2. The molecule has 1 amide bonds. The quantitative estimate of drug-likeness (QED) is 0.897. The van der Waals surface area contributed by atoms with E-state index in [0.29, 0.717) is 11.3 Å². The summed E-state index contributed by atoms with van der Waals surface area (Å²) in [5.41, 5.74) is 7.01. The molecule has 1 unspecified atom stereocenters. The summed E-state index contributed by atoms with van der Waals surface area (Å²) in [4.78, 5) is 14.9. The summed E-state index contributed by atoms with van der Waals surface area (Å²) in [6.07, 6.45) is 0. The maximum absolute atomic E-state index is 13.4. The van der Waals surface area contributed by atoms with Crippen molar-refractivity contribution in [3.05, 3.63) is 59.7 Å². The fraction of sp³-hybridized carbons (Fsp3) is 0.188. The second kappa shape index (κ2) is 7.29. The highest BCUT2D eigenvalue weighted by molar-refractivity contribution is 7.99. The number of hydrogen-bond donors (Lipinski definition) is 1. The van der Waals surface area contributed by atoms with Gasteiger partial charge in [0, 0.05) is 16.7 Å². The van der Waals surface area contributed by atoms with Crippen molar-refractivity contribution >= 4 is 35.8 Å². The molecule has 122 valence electrons. The lowest BCUT2D eigenvalue weighted by Crippen LogP contribution is -2.44. The summed E-state index contributed by atoms with van der Waals surface area (Å²) in [6.45, 7) is 0.0821. The largest absolute Gasteiger partial charge is 0.319 e. The molecule has 3 nitrogen and oxygen atoms in total. The van der Waals surface area contributed by atoms with Crippen LogP contribution in [0.25, 0.3) is 0 Å². The Labute approximate surface area is 143 Å². The zero-order valence-corrected chi connectivity index (χ0v) is 13.7. The first-order valence-electron chi connectivity index (χ1n) is 6.78. The van der Waals surface area contributed by atoms with Crippen LogP contribution in [0.5, 0.6) is 0 Å². The average molecular weight is 357 g/mol. The normalized spacial score (nSPS) is 17.3. The van der Waals surface area contributed by atoms with Crippen molar-refractivity contribution < 1.29 is 13.6 Å². The summed E-state index contributed by atoms with van der Waals surface area (Å²) >= 11 is 1.51. The van der Waals surface area contributed by atoms with Gasteiger partial charge >= 0.3 is 0 Å². The number of amides is 1. The fourth-order valence-electron chi connectivity index (χ4n) is 2.42. The third kappa shape index (κ3) is 3.83. The predicted octanol–water partition coefficient (Wildman–Crippen LogP) is 3.35. The first-order valence-corrected chi connectivity index (χ1v) is 7.77. The molecular weight excluding hydrogens is 342 g/mol. The summed E-state index contributed by atoms with van der Waals surface area (Å²) in [5, 5.41) is 0. The van der Waals surface area contributed by atoms with Crippen molar-refractivity contribution in [2.45, 2.75) is 17.5 Å². The Balaban J connectivity index is 0.00000192. The van der Waals surface area contributed by atoms with E-state index in [1.54, 1.807) is 0 Å². The first-order chi connectivity index (χ1) is 10.5. The highest BCUT2D eigenvalue weighted by atomic mass is 35.5. The van der Waals surface area contributed by atoms with Gasteiger partial charge in [-0.1, -0.05) is 12.1 Å². The van der Waals surface area contributed by atoms with Crippen LogP contribution in [-0.4, -0.2) is 17.7 Å². The van der Waals surface area contributed by atoms with Crippen molar-refractivity contribution in [1.29, 1.82) is 0 Å². The second-order valence-corrected chi connectivity index (χ2v) is 6.15. The lowest BCUT2D eigenvalue weighted by atomic mass is 10.1. The molecule has 2 aromatic carbocycles. The van der Waals surface area contributed by atoms with Crippen LogP contribution in [0.1, 0.15) is 5.56 Å². The van der Waals surface area contributed by atoms with Gasteiger partial charge in [-0.3, -0.25) is 4.79 Å². The molecule has 2 aromatic rings. The van der Waals surface area contributed by atoms with Gasteiger partial charge in [-0.05, 0) is 29.8 Å². The molecule has 0 fully saturated rings. The van der Waals surface area contributed by atoms with E-state index in [0.717, 1.165) is 16.6 Å². The average Bonchev–Trinajstić information content (AvgIpc) is 2.59. The summed E-state index contributed by atoms with van der Waals surface area (Å²) in [6, 6.07) is 10.0. The maximum atomic E-state index is 13.4. The lowest BCUT2D eigenvalue weighted by molar-refractivity contribution is -0.119. The van der Waals surface area contributed by atoms with Crippen molar-refractivity contribution in [1.82, 2.24) is 0 Å². The Kier molecular flexibility index (Phi) is 5.62. The molecule has 1 aliphatic rings. The van der Waals surface area contributed by atoms with Crippen LogP contribution in [0.3, 0.4) is 0 Å². The van der Waals surface area contributed by atoms with Crippen LogP contribution in [-0.2, 0) is 11.3 Å². The number of hydrogen-bond acceptors (Lipinski definition) is 3. The SMILES string of the molecule is Cl.NC1CSc2ccccc2N(Cc2cc(F)cc(F)c2)C1=O. The van der Waals surface area contributed by atoms with E-state index < -0.39 is 17.7 Å². The highest BCUT2D eigenvalue weighted by Crippen LogP contribution is 2.34. The molecule has 0 saturated carbocycles. The first kappa shape index (κ1) is 17.7. The Morgan fingerprint density at radius 1 is 1.17 bits per heavy atom. The molecule has 2 N–H and O–H groups in total. The van der Waals surface area contributed by atoms with E-state index in [-0.39, 0.29) is 24.9 Å². The Bertz CT molecular complexity index is 709. The molecule has 0 radical (unpaired) electrons. The fourth-order valence-corrected chi connectivity index (χ4v) is 3.42. The minimum Gasteiger partial charge on any atom is -0.319 e. The molecule has 1 atom stereocenters. The van der Waals surface area contributed by atoms with E-state index >= 15 is 0 Å². The van der Waals surface area contributed by atoms with E-state index in [2.05, 4.69) is 0 Å². The van der Waals surface area contributed by atoms with Crippen LogP contribution in [0.15, 0.2) is 47.4 Å². The summed E-state index contributed by atoms with van der Waals surface area (Å²) < 4.78 is 26.7. The molecule has 0 spiro atoms. The van der Waals surface area contributed by atoms with E-state index in [1.165, 1.54) is 28.8 Å². The maximum Gasteiger partial charge on any atom is 0.245 e. The van der Waals surface area contributed by atoms with Crippen molar-refractivity contribution in [2.75, 3.05) is 10.7 Å². The zero-order valence-electron chi connectivity index (χ0n) is 12.0. The smallest absolute Gasteiger partial charge is 0.245 e. The van der Waals surface area contributed by atoms with Gasteiger partial charge in [0.05, 0.1) is 18.3 Å². The molecule has 0 saturated heterocycles. The third-order valence-corrected chi connectivity index (χ3v) is 4.60. The van der Waals surface area contributed by atoms with Gasteiger partial charge in [-0.25, -0.2) is 8.78 Å². The number of carbonyl (C=O) groups is 1. The topological polar surface area (TPSA) is 46.3 Å². The van der Waals surface area contributed by atoms with E-state index in [9.17, 15) is 13.6 Å². The summed E-state index contributed by atoms with van der Waals surface area (Å²) in [7, 11) is 0. The number of nitrogens with zero attached hydrogens (tertiary/aromatic N) is 1. The number of para-hydroxylation sites is 1. The number of halogens is 3. The van der Waals surface area contributed by atoms with Gasteiger partial charge < -0.3 is 10.6 Å². The number of nitrogens with two attached hydrogens (primary N) is 1. The lowest BCUT2D eigenvalue weighted by Gasteiger charge is -2.24. The Morgan fingerprint density at radius 3 is 2.52 bits per heavy atom. The molecule has 0 bridgehead atoms. The van der Waals surface area contributed by atoms with Crippen LogP contribution in [0, 0.1) is 11.6 Å². The minimum absolute atomic E-state index is 0. The molecule has 0 aromatic heterocycles. The molecule has 23 heavy (non-hydrogen) atoms. The van der Waals surface area contributed by atoms with E-state index in [4.69, 9.17) is 5.73 Å².